The molecule has 0 bridgehead atoms. The Bertz CT molecular complexity index is 673. The minimum Gasteiger partial charge on any atom is -0.348 e. The third kappa shape index (κ3) is 3.13. The predicted molar refractivity (Wildman–Crippen MR) is 97.4 cm³/mol. The van der Waals surface area contributed by atoms with E-state index in [-0.39, 0.29) is 29.9 Å². The van der Waals surface area contributed by atoms with Crippen molar-refractivity contribution < 1.29 is 9.59 Å². The molecule has 7 nitrogen and oxygen atoms in total. The highest BCUT2D eigenvalue weighted by Gasteiger charge is 2.45. The summed E-state index contributed by atoms with van der Waals surface area (Å²) in [4.78, 5) is 36.7. The van der Waals surface area contributed by atoms with E-state index in [4.69, 9.17) is 0 Å². The second-order valence-corrected chi connectivity index (χ2v) is 8.06. The first kappa shape index (κ1) is 17.5. The Hall–Kier alpha value is -1.89. The molecule has 0 unspecified atom stereocenters. The van der Waals surface area contributed by atoms with Gasteiger partial charge in [-0.25, -0.2) is 4.98 Å². The molecule has 7 heteroatoms. The van der Waals surface area contributed by atoms with Crippen molar-refractivity contribution in [3.05, 3.63) is 17.7 Å². The molecule has 0 aromatic carbocycles. The standard InChI is InChI=1S/C19H29N5O2/c1-23(12-16(25)24-9-5-6-10-24)18(26)15-11-14-17(21-13-20-14)19(22-15)7-3-2-4-8-19/h13,15,22H,2-12H2,1H3,(H,20,21)/t15-/m0/s1. The molecular weight excluding hydrogens is 330 g/mol. The fourth-order valence-electron chi connectivity index (χ4n) is 4.84. The van der Waals surface area contributed by atoms with Gasteiger partial charge in [0.25, 0.3) is 0 Å². The Morgan fingerprint density at radius 2 is 1.96 bits per heavy atom. The summed E-state index contributed by atoms with van der Waals surface area (Å²) in [6, 6.07) is -0.294. The van der Waals surface area contributed by atoms with Crippen molar-refractivity contribution in [3.8, 4) is 0 Å². The second-order valence-electron chi connectivity index (χ2n) is 8.06. The average Bonchev–Trinajstić information content (AvgIpc) is 3.33. The minimum absolute atomic E-state index is 0.00254. The summed E-state index contributed by atoms with van der Waals surface area (Å²) in [5.74, 6) is 0.0616. The average molecular weight is 359 g/mol. The first-order chi connectivity index (χ1) is 12.6. The van der Waals surface area contributed by atoms with Crippen molar-refractivity contribution in [2.24, 2.45) is 0 Å². The van der Waals surface area contributed by atoms with Gasteiger partial charge in [-0.1, -0.05) is 19.3 Å². The smallest absolute Gasteiger partial charge is 0.242 e. The molecule has 2 aliphatic heterocycles. The highest BCUT2D eigenvalue weighted by Crippen LogP contribution is 2.40. The maximum atomic E-state index is 13.1. The number of amides is 2. The number of aromatic amines is 1. The zero-order chi connectivity index (χ0) is 18.1. The maximum absolute atomic E-state index is 13.1. The van der Waals surface area contributed by atoms with E-state index in [0.717, 1.165) is 63.0 Å². The van der Waals surface area contributed by atoms with Crippen LogP contribution in [0.5, 0.6) is 0 Å². The maximum Gasteiger partial charge on any atom is 0.242 e. The van der Waals surface area contributed by atoms with E-state index in [2.05, 4.69) is 15.3 Å². The Balaban J connectivity index is 1.47. The minimum atomic E-state index is -0.294. The first-order valence-corrected chi connectivity index (χ1v) is 9.92. The summed E-state index contributed by atoms with van der Waals surface area (Å²) in [5.41, 5.74) is 1.98. The number of carbonyl (C=O) groups excluding carboxylic acids is 2. The lowest BCUT2D eigenvalue weighted by molar-refractivity contribution is -0.140. The lowest BCUT2D eigenvalue weighted by Gasteiger charge is -2.44. The van der Waals surface area contributed by atoms with Crippen LogP contribution >= 0.6 is 0 Å². The van der Waals surface area contributed by atoms with Gasteiger partial charge in [0.05, 0.1) is 30.1 Å². The molecule has 0 radical (unpaired) electrons. The number of nitrogens with one attached hydrogen (secondary N) is 2. The number of imidazole rings is 1. The SMILES string of the molecule is CN(CC(=O)N1CCCC1)C(=O)[C@@H]1Cc2[nH]cnc2C2(CCCCC2)N1. The lowest BCUT2D eigenvalue weighted by atomic mass is 9.75. The van der Waals surface area contributed by atoms with Gasteiger partial charge in [0, 0.05) is 32.3 Å². The lowest BCUT2D eigenvalue weighted by Crippen LogP contribution is -2.59. The van der Waals surface area contributed by atoms with E-state index in [1.807, 2.05) is 4.90 Å². The van der Waals surface area contributed by atoms with E-state index in [1.54, 1.807) is 18.3 Å². The van der Waals surface area contributed by atoms with Gasteiger partial charge in [-0.15, -0.1) is 0 Å². The zero-order valence-electron chi connectivity index (χ0n) is 15.6. The summed E-state index contributed by atoms with van der Waals surface area (Å²) in [6.07, 6.45) is 10.1. The largest absolute Gasteiger partial charge is 0.348 e. The molecule has 1 saturated carbocycles. The van der Waals surface area contributed by atoms with Crippen molar-refractivity contribution in [3.63, 3.8) is 0 Å². The van der Waals surface area contributed by atoms with Gasteiger partial charge in [0.2, 0.25) is 11.8 Å². The molecule has 3 heterocycles. The summed E-state index contributed by atoms with van der Waals surface area (Å²) in [7, 11) is 1.74. The molecule has 2 amide bonds. The molecule has 1 aromatic heterocycles. The van der Waals surface area contributed by atoms with Gasteiger partial charge in [-0.05, 0) is 25.7 Å². The van der Waals surface area contributed by atoms with E-state index in [1.165, 1.54) is 6.42 Å². The van der Waals surface area contributed by atoms with Gasteiger partial charge in [-0.2, -0.15) is 0 Å². The Morgan fingerprint density at radius 1 is 1.23 bits per heavy atom. The molecule has 1 spiro atoms. The quantitative estimate of drug-likeness (QED) is 0.849. The molecule has 2 fully saturated rings. The molecule has 26 heavy (non-hydrogen) atoms. The monoisotopic (exact) mass is 359 g/mol. The van der Waals surface area contributed by atoms with Crippen LogP contribution in [0.4, 0.5) is 0 Å². The highest BCUT2D eigenvalue weighted by atomic mass is 16.2. The van der Waals surface area contributed by atoms with Crippen molar-refractivity contribution in [2.75, 3.05) is 26.7 Å². The number of nitrogens with zero attached hydrogens (tertiary/aromatic N) is 3. The van der Waals surface area contributed by atoms with Crippen LogP contribution in [0.3, 0.4) is 0 Å². The van der Waals surface area contributed by atoms with E-state index in [0.29, 0.717) is 6.42 Å². The van der Waals surface area contributed by atoms with Gasteiger partial charge in [0.1, 0.15) is 0 Å². The molecule has 142 valence electrons. The van der Waals surface area contributed by atoms with Crippen LogP contribution in [-0.4, -0.2) is 64.3 Å². The molecule has 1 saturated heterocycles. The van der Waals surface area contributed by atoms with Crippen LogP contribution in [0.1, 0.15) is 56.3 Å². The van der Waals surface area contributed by atoms with Crippen LogP contribution in [-0.2, 0) is 21.5 Å². The number of fused-ring (bicyclic) bond motifs is 2. The van der Waals surface area contributed by atoms with Crippen LogP contribution in [0.25, 0.3) is 0 Å². The third-order valence-electron chi connectivity index (χ3n) is 6.24. The molecule has 1 atom stereocenters. The van der Waals surface area contributed by atoms with Gasteiger partial charge >= 0.3 is 0 Å². The number of hydrogen-bond donors (Lipinski definition) is 2. The molecular formula is C19H29N5O2. The predicted octanol–water partition coefficient (Wildman–Crippen LogP) is 1.16. The first-order valence-electron chi connectivity index (χ1n) is 9.92. The Kier molecular flexibility index (Phi) is 4.73. The third-order valence-corrected chi connectivity index (χ3v) is 6.24. The van der Waals surface area contributed by atoms with E-state index < -0.39 is 0 Å². The molecule has 2 N–H and O–H groups in total. The van der Waals surface area contributed by atoms with Crippen molar-refractivity contribution >= 4 is 11.8 Å². The second kappa shape index (κ2) is 7.02. The number of likely N-dealkylation sites (N-methyl/N-ethyl adjacent to an activating group) is 1. The molecule has 4 rings (SSSR count). The molecule has 3 aliphatic rings. The van der Waals surface area contributed by atoms with Gasteiger partial charge < -0.3 is 14.8 Å². The highest BCUT2D eigenvalue weighted by molar-refractivity contribution is 5.88. The fourth-order valence-corrected chi connectivity index (χ4v) is 4.84. The summed E-state index contributed by atoms with van der Waals surface area (Å²) >= 11 is 0. The number of rotatable bonds is 3. The summed E-state index contributed by atoms with van der Waals surface area (Å²) in [5, 5.41) is 3.64. The number of H-pyrrole nitrogens is 1. The van der Waals surface area contributed by atoms with E-state index >= 15 is 0 Å². The van der Waals surface area contributed by atoms with Crippen molar-refractivity contribution in [1.29, 1.82) is 0 Å². The van der Waals surface area contributed by atoms with Crippen LogP contribution in [0.15, 0.2) is 6.33 Å². The van der Waals surface area contributed by atoms with Crippen molar-refractivity contribution in [1.82, 2.24) is 25.1 Å². The summed E-state index contributed by atoms with van der Waals surface area (Å²) in [6.45, 7) is 1.81. The topological polar surface area (TPSA) is 81.3 Å². The fraction of sp³-hybridized carbons (Fsp3) is 0.737. The number of hydrogen-bond acceptors (Lipinski definition) is 4. The van der Waals surface area contributed by atoms with Crippen molar-refractivity contribution in [2.45, 2.75) is 62.9 Å². The Labute approximate surface area is 154 Å². The summed E-state index contributed by atoms with van der Waals surface area (Å²) < 4.78 is 0. The number of carbonyl (C=O) groups is 2. The number of likely N-dealkylation sites (tertiary alicyclic amines) is 1. The van der Waals surface area contributed by atoms with Crippen LogP contribution in [0, 0.1) is 0 Å². The molecule has 1 aliphatic carbocycles. The Morgan fingerprint density at radius 3 is 2.69 bits per heavy atom. The van der Waals surface area contributed by atoms with Crippen LogP contribution < -0.4 is 5.32 Å². The van der Waals surface area contributed by atoms with Crippen LogP contribution in [0.2, 0.25) is 0 Å². The molecule has 1 aromatic rings. The zero-order valence-corrected chi connectivity index (χ0v) is 15.6. The van der Waals surface area contributed by atoms with Gasteiger partial charge in [-0.3, -0.25) is 14.9 Å². The van der Waals surface area contributed by atoms with Gasteiger partial charge in [0.15, 0.2) is 0 Å². The number of aromatic nitrogens is 2. The normalized spacial score (nSPS) is 24.5. The van der Waals surface area contributed by atoms with E-state index in [9.17, 15) is 9.59 Å².